The number of ether oxygens (including phenoxy) is 1. The lowest BCUT2D eigenvalue weighted by atomic mass is 10.2. The molecule has 0 atom stereocenters. The Morgan fingerprint density at radius 3 is 2.48 bits per heavy atom. The summed E-state index contributed by atoms with van der Waals surface area (Å²) in [5.74, 6) is -0.918. The zero-order valence-corrected chi connectivity index (χ0v) is 15.7. The monoisotopic (exact) mass is 396 g/mol. The fraction of sp³-hybridized carbons (Fsp3) is 0.333. The van der Waals surface area contributed by atoms with E-state index in [9.17, 15) is 14.4 Å². The van der Waals surface area contributed by atoms with Crippen LogP contribution in [0.4, 0.5) is 15.3 Å². The van der Waals surface area contributed by atoms with Gasteiger partial charge in [-0.15, -0.1) is 5.10 Å². The van der Waals surface area contributed by atoms with Crippen LogP contribution >= 0.6 is 11.6 Å². The molecule has 2 rings (SSSR count). The van der Waals surface area contributed by atoms with Crippen molar-refractivity contribution in [2.75, 3.05) is 5.32 Å². The maximum atomic E-state index is 12.0. The first kappa shape index (κ1) is 20.1. The van der Waals surface area contributed by atoms with Gasteiger partial charge in [-0.05, 0) is 32.9 Å². The molecular weight excluding hydrogens is 380 g/mol. The molecule has 3 N–H and O–H groups in total. The predicted octanol–water partition coefficient (Wildman–Crippen LogP) is 2.29. The van der Waals surface area contributed by atoms with E-state index in [0.29, 0.717) is 0 Å². The van der Waals surface area contributed by atoms with Crippen LogP contribution in [-0.4, -0.2) is 48.8 Å². The molecule has 0 unspecified atom stereocenters. The average Bonchev–Trinajstić information content (AvgIpc) is 2.88. The molecule has 144 valence electrons. The Balaban J connectivity index is 2.30. The predicted molar refractivity (Wildman–Crippen MR) is 94.6 cm³/mol. The van der Waals surface area contributed by atoms with Crippen molar-refractivity contribution in [1.29, 1.82) is 0 Å². The van der Waals surface area contributed by atoms with Gasteiger partial charge in [-0.25, -0.2) is 19.3 Å². The number of nitrogens with one attached hydrogen (secondary N) is 2. The van der Waals surface area contributed by atoms with Gasteiger partial charge in [0.1, 0.15) is 11.3 Å². The fourth-order valence-electron chi connectivity index (χ4n) is 2.01. The van der Waals surface area contributed by atoms with Crippen LogP contribution in [0.2, 0.25) is 5.15 Å². The summed E-state index contributed by atoms with van der Waals surface area (Å²) in [6.45, 7) is 5.15. The van der Waals surface area contributed by atoms with Gasteiger partial charge in [-0.2, -0.15) is 0 Å². The van der Waals surface area contributed by atoms with E-state index in [-0.39, 0.29) is 27.9 Å². The number of hydrogen-bond donors (Lipinski definition) is 3. The number of imide groups is 1. The van der Waals surface area contributed by atoms with Crippen LogP contribution < -0.4 is 10.6 Å². The molecule has 0 spiro atoms. The molecule has 0 saturated heterocycles. The molecule has 0 fully saturated rings. The Morgan fingerprint density at radius 1 is 1.26 bits per heavy atom. The quantitative estimate of drug-likeness (QED) is 0.669. The van der Waals surface area contributed by atoms with Crippen molar-refractivity contribution in [3.63, 3.8) is 0 Å². The van der Waals surface area contributed by atoms with E-state index in [1.165, 1.54) is 19.2 Å². The summed E-state index contributed by atoms with van der Waals surface area (Å²) in [6, 6.07) is 2.89. The minimum atomic E-state index is -1.52. The number of nitrogens with zero attached hydrogens (tertiary/aromatic N) is 4. The van der Waals surface area contributed by atoms with Gasteiger partial charge in [0.2, 0.25) is 0 Å². The third kappa shape index (κ3) is 5.14. The molecule has 2 aromatic rings. The highest BCUT2D eigenvalue weighted by Gasteiger charge is 2.23. The van der Waals surface area contributed by atoms with Crippen molar-refractivity contribution in [3.8, 4) is 11.4 Å². The summed E-state index contributed by atoms with van der Waals surface area (Å²) in [6.07, 6.45) is -2.23. The summed E-state index contributed by atoms with van der Waals surface area (Å²) < 4.78 is 6.24. The molecule has 0 aromatic carbocycles. The number of hydrogen-bond acceptors (Lipinski definition) is 7. The second kappa shape index (κ2) is 7.58. The minimum Gasteiger partial charge on any atom is -0.465 e. The Kier molecular flexibility index (Phi) is 5.64. The van der Waals surface area contributed by atoms with Gasteiger partial charge in [0.25, 0.3) is 5.91 Å². The van der Waals surface area contributed by atoms with Crippen molar-refractivity contribution < 1.29 is 24.2 Å². The van der Waals surface area contributed by atoms with Crippen LogP contribution in [0, 0.1) is 0 Å². The van der Waals surface area contributed by atoms with E-state index < -0.39 is 23.7 Å². The lowest BCUT2D eigenvalue weighted by Crippen LogP contribution is -2.30. The van der Waals surface area contributed by atoms with E-state index in [0.717, 1.165) is 4.68 Å². The Hall–Kier alpha value is -3.21. The van der Waals surface area contributed by atoms with Gasteiger partial charge in [0, 0.05) is 7.05 Å². The second-order valence-electron chi connectivity index (χ2n) is 6.33. The normalized spacial score (nSPS) is 11.0. The molecule has 0 aliphatic heterocycles. The number of carbonyl (C=O) groups excluding carboxylic acids is 2. The highest BCUT2D eigenvalue weighted by Crippen LogP contribution is 2.26. The first-order valence-corrected chi connectivity index (χ1v) is 7.96. The average molecular weight is 397 g/mol. The molecule has 12 heteroatoms. The van der Waals surface area contributed by atoms with E-state index >= 15 is 0 Å². The summed E-state index contributed by atoms with van der Waals surface area (Å²) in [7, 11) is 1.42. The summed E-state index contributed by atoms with van der Waals surface area (Å²) in [4.78, 5) is 38.6. The first-order chi connectivity index (χ1) is 12.5. The Labute approximate surface area is 158 Å². The number of carbonyl (C=O) groups is 3. The van der Waals surface area contributed by atoms with Gasteiger partial charge < -0.3 is 9.84 Å². The number of aryl methyl sites for hydroxylation is 1. The highest BCUT2D eigenvalue weighted by molar-refractivity contribution is 6.32. The zero-order valence-electron chi connectivity index (χ0n) is 14.9. The van der Waals surface area contributed by atoms with Gasteiger partial charge in [-0.3, -0.25) is 15.4 Å². The van der Waals surface area contributed by atoms with Crippen LogP contribution in [-0.2, 0) is 11.8 Å². The molecule has 0 bridgehead atoms. The Morgan fingerprint density at radius 2 is 1.93 bits per heavy atom. The SMILES string of the molecule is Cn1nnc(-c2ccc(NC(=O)OC(C)(C)C)c(Cl)n2)c1C(=O)NC(=O)O. The number of pyridine rings is 1. The van der Waals surface area contributed by atoms with Crippen molar-refractivity contribution in [2.45, 2.75) is 26.4 Å². The van der Waals surface area contributed by atoms with Crippen LogP contribution in [0.5, 0.6) is 0 Å². The van der Waals surface area contributed by atoms with E-state index in [1.807, 2.05) is 0 Å². The molecular formula is C15H17ClN6O5. The number of aromatic nitrogens is 4. The van der Waals surface area contributed by atoms with Crippen LogP contribution in [0.1, 0.15) is 31.3 Å². The molecule has 0 radical (unpaired) electrons. The molecule has 0 aliphatic rings. The fourth-order valence-corrected chi connectivity index (χ4v) is 2.21. The topological polar surface area (TPSA) is 148 Å². The third-order valence-corrected chi connectivity index (χ3v) is 3.28. The molecule has 3 amide bonds. The van der Waals surface area contributed by atoms with Crippen LogP contribution in [0.15, 0.2) is 12.1 Å². The van der Waals surface area contributed by atoms with Gasteiger partial charge in [-0.1, -0.05) is 16.8 Å². The van der Waals surface area contributed by atoms with E-state index in [1.54, 1.807) is 26.1 Å². The molecule has 11 nitrogen and oxygen atoms in total. The van der Waals surface area contributed by atoms with Crippen LogP contribution in [0.25, 0.3) is 11.4 Å². The first-order valence-electron chi connectivity index (χ1n) is 7.59. The van der Waals surface area contributed by atoms with E-state index in [4.69, 9.17) is 21.4 Å². The van der Waals surface area contributed by atoms with Crippen LogP contribution in [0.3, 0.4) is 0 Å². The zero-order chi connectivity index (χ0) is 20.4. The molecule has 27 heavy (non-hydrogen) atoms. The lowest BCUT2D eigenvalue weighted by Gasteiger charge is -2.19. The number of amides is 3. The van der Waals surface area contributed by atoms with Crippen molar-refractivity contribution >= 4 is 35.4 Å². The second-order valence-corrected chi connectivity index (χ2v) is 6.69. The molecule has 2 heterocycles. The smallest absolute Gasteiger partial charge is 0.412 e. The van der Waals surface area contributed by atoms with Gasteiger partial charge in [0.15, 0.2) is 10.8 Å². The Bertz CT molecular complexity index is 905. The van der Waals surface area contributed by atoms with Crippen molar-refractivity contribution in [1.82, 2.24) is 25.3 Å². The third-order valence-electron chi connectivity index (χ3n) is 2.99. The lowest BCUT2D eigenvalue weighted by molar-refractivity contribution is 0.0635. The van der Waals surface area contributed by atoms with Crippen molar-refractivity contribution in [3.05, 3.63) is 23.0 Å². The summed E-state index contributed by atoms with van der Waals surface area (Å²) in [5, 5.41) is 20.3. The number of halogens is 1. The van der Waals surface area contributed by atoms with Crippen molar-refractivity contribution in [2.24, 2.45) is 7.05 Å². The van der Waals surface area contributed by atoms with Gasteiger partial charge in [0.05, 0.1) is 11.4 Å². The minimum absolute atomic E-state index is 0.0296. The maximum absolute atomic E-state index is 12.0. The van der Waals surface area contributed by atoms with E-state index in [2.05, 4.69) is 20.6 Å². The number of carboxylic acid groups (broad SMARTS) is 1. The summed E-state index contributed by atoms with van der Waals surface area (Å²) in [5.41, 5.74) is -0.417. The number of rotatable bonds is 3. The standard InChI is InChI=1S/C15H17ClN6O5/c1-15(2,3)27-14(26)18-8-6-5-7(17-11(8)16)9-10(22(4)21-20-9)12(23)19-13(24)25/h5-6H,1-4H3,(H,18,26)(H,19,23)(H,24,25). The van der Waals surface area contributed by atoms with Gasteiger partial charge >= 0.3 is 12.2 Å². The summed E-state index contributed by atoms with van der Waals surface area (Å²) >= 11 is 6.09. The largest absolute Gasteiger partial charge is 0.465 e. The molecule has 2 aromatic heterocycles. The maximum Gasteiger partial charge on any atom is 0.412 e. The molecule has 0 aliphatic carbocycles. The molecule has 0 saturated carbocycles. The highest BCUT2D eigenvalue weighted by atomic mass is 35.5. The number of anilines is 1.